The van der Waals surface area contributed by atoms with Gasteiger partial charge in [-0.2, -0.15) is 5.26 Å². The zero-order valence-electron chi connectivity index (χ0n) is 21.3. The van der Waals surface area contributed by atoms with Crippen molar-refractivity contribution in [1.82, 2.24) is 0 Å². The number of hydrogen-bond acceptors (Lipinski definition) is 12. The van der Waals surface area contributed by atoms with E-state index in [9.17, 15) is 14.9 Å². The van der Waals surface area contributed by atoms with Crippen molar-refractivity contribution in [2.75, 3.05) is 27.6 Å². The van der Waals surface area contributed by atoms with Gasteiger partial charge in [0.1, 0.15) is 23.5 Å². The van der Waals surface area contributed by atoms with Gasteiger partial charge in [-0.05, 0) is 13.3 Å². The summed E-state index contributed by atoms with van der Waals surface area (Å²) in [5.41, 5.74) is 7.76. The van der Waals surface area contributed by atoms with Gasteiger partial charge in [-0.3, -0.25) is 4.79 Å². The van der Waals surface area contributed by atoms with Gasteiger partial charge in [0, 0.05) is 42.4 Å². The number of nitrogens with zero attached hydrogens (tertiary/aromatic N) is 2. The fourth-order valence-corrected chi connectivity index (χ4v) is 5.31. The van der Waals surface area contributed by atoms with E-state index < -0.39 is 18.0 Å². The van der Waals surface area contributed by atoms with Crippen LogP contribution in [-0.4, -0.2) is 51.2 Å². The first-order valence-corrected chi connectivity index (χ1v) is 12.2. The van der Waals surface area contributed by atoms with Crippen LogP contribution < -0.4 is 24.7 Å². The van der Waals surface area contributed by atoms with Crippen molar-refractivity contribution in [1.29, 1.82) is 5.26 Å². The Labute approximate surface area is 218 Å². The number of benzene rings is 1. The number of Topliss-reactive ketones (excluding diaryl/α,β-unsaturated/α-hetero) is 1. The molecule has 0 saturated heterocycles. The monoisotopic (exact) mass is 525 g/mol. The average Bonchev–Trinajstić information content (AvgIpc) is 3.58. The van der Waals surface area contributed by atoms with E-state index in [2.05, 4.69) is 11.2 Å². The number of methoxy groups -OCH3 is 2. The number of rotatable bonds is 7. The second kappa shape index (κ2) is 10.2. The van der Waals surface area contributed by atoms with E-state index in [-0.39, 0.29) is 60.7 Å². The zero-order chi connectivity index (χ0) is 27.0. The smallest absolute Gasteiger partial charge is 0.356 e. The number of nitrogens with two attached hydrogens (primary N) is 1. The van der Waals surface area contributed by atoms with Crippen LogP contribution in [0.3, 0.4) is 0 Å². The molecule has 0 saturated carbocycles. The number of esters is 1. The number of allylic oxidation sites excluding steroid dienone is 3. The maximum Gasteiger partial charge on any atom is 0.356 e. The molecule has 1 aliphatic carbocycles. The molecule has 12 nitrogen and oxygen atoms in total. The van der Waals surface area contributed by atoms with Crippen LogP contribution in [0.2, 0.25) is 0 Å². The first-order valence-electron chi connectivity index (χ1n) is 12.2. The molecule has 5 rings (SSSR count). The first kappa shape index (κ1) is 25.3. The van der Waals surface area contributed by atoms with Gasteiger partial charge in [0.15, 0.2) is 23.0 Å². The highest BCUT2D eigenvalue weighted by Crippen LogP contribution is 2.58. The maximum absolute atomic E-state index is 13.3. The van der Waals surface area contributed by atoms with E-state index in [4.69, 9.17) is 39.0 Å². The predicted octanol–water partition coefficient (Wildman–Crippen LogP) is 2.50. The van der Waals surface area contributed by atoms with E-state index in [1.165, 1.54) is 14.2 Å². The molecule has 1 aromatic carbocycles. The molecule has 3 heterocycles. The quantitative estimate of drug-likeness (QED) is 0.521. The number of carbonyl (C=O) groups is 2. The average molecular weight is 526 g/mol. The molecule has 12 heteroatoms. The van der Waals surface area contributed by atoms with Gasteiger partial charge in [-0.1, -0.05) is 5.16 Å². The first-order chi connectivity index (χ1) is 18.4. The lowest BCUT2D eigenvalue weighted by Gasteiger charge is -2.33. The van der Waals surface area contributed by atoms with E-state index in [0.717, 1.165) is 0 Å². The second-order valence-electron chi connectivity index (χ2n) is 8.96. The molecule has 0 amide bonds. The third-order valence-corrected chi connectivity index (χ3v) is 6.85. The Morgan fingerprint density at radius 3 is 2.61 bits per heavy atom. The van der Waals surface area contributed by atoms with Gasteiger partial charge in [0.2, 0.25) is 24.2 Å². The van der Waals surface area contributed by atoms with Gasteiger partial charge in [0.05, 0.1) is 26.7 Å². The van der Waals surface area contributed by atoms with Crippen LogP contribution >= 0.6 is 0 Å². The van der Waals surface area contributed by atoms with Crippen LogP contribution in [0.15, 0.2) is 27.9 Å². The highest BCUT2D eigenvalue weighted by Gasteiger charge is 2.44. The van der Waals surface area contributed by atoms with E-state index >= 15 is 0 Å². The molecule has 0 fully saturated rings. The molecule has 38 heavy (non-hydrogen) atoms. The molecule has 0 spiro atoms. The van der Waals surface area contributed by atoms with Crippen molar-refractivity contribution < 1.29 is 42.8 Å². The molecule has 0 radical (unpaired) electrons. The number of hydrogen-bond donors (Lipinski definition) is 1. The standard InChI is InChI=1S/C26H27N3O9/c1-4-34-26(31)15-9-12(38-29-15)8-13-19(22(33-3)24-23(21(13)32-2)35-11-36-24)18-14(10-27)25(28)37-17-7-5-6-16(30)20(17)18/h12,18H,4-9,11,28H2,1-3H3/t12-,18+/m1/s1. The molecule has 0 bridgehead atoms. The molecular weight excluding hydrogens is 498 g/mol. The summed E-state index contributed by atoms with van der Waals surface area (Å²) >= 11 is 0. The van der Waals surface area contributed by atoms with Crippen LogP contribution in [0.5, 0.6) is 23.0 Å². The lowest BCUT2D eigenvalue weighted by molar-refractivity contribution is -0.135. The third kappa shape index (κ3) is 4.04. The fraction of sp³-hybridized carbons (Fsp3) is 0.462. The largest absolute Gasteiger partial charge is 0.492 e. The number of carbonyl (C=O) groups excluding carboxylic acids is 2. The number of ketones is 1. The van der Waals surface area contributed by atoms with Crippen LogP contribution in [0.4, 0.5) is 0 Å². The summed E-state index contributed by atoms with van der Waals surface area (Å²) < 4.78 is 33.9. The topological polar surface area (TPSA) is 161 Å². The number of ether oxygens (including phenoxy) is 6. The predicted molar refractivity (Wildman–Crippen MR) is 129 cm³/mol. The minimum atomic E-state index is -0.906. The van der Waals surface area contributed by atoms with Crippen molar-refractivity contribution in [2.24, 2.45) is 10.9 Å². The molecule has 200 valence electrons. The summed E-state index contributed by atoms with van der Waals surface area (Å²) in [5.74, 6) is -0.0586. The van der Waals surface area contributed by atoms with Crippen LogP contribution in [0.25, 0.3) is 0 Å². The Morgan fingerprint density at radius 2 is 1.92 bits per heavy atom. The molecular formula is C26H27N3O9. The number of oxime groups is 1. The van der Waals surface area contributed by atoms with Crippen molar-refractivity contribution in [2.45, 2.75) is 51.0 Å². The Kier molecular flexibility index (Phi) is 6.75. The molecule has 2 atom stereocenters. The lowest BCUT2D eigenvalue weighted by atomic mass is 9.75. The van der Waals surface area contributed by atoms with Crippen molar-refractivity contribution in [3.63, 3.8) is 0 Å². The number of fused-ring (bicyclic) bond motifs is 1. The van der Waals surface area contributed by atoms with Crippen LogP contribution in [0.1, 0.15) is 49.7 Å². The minimum absolute atomic E-state index is 0.0651. The normalized spacial score (nSPS) is 21.7. The van der Waals surface area contributed by atoms with Crippen molar-refractivity contribution in [3.8, 4) is 29.1 Å². The third-order valence-electron chi connectivity index (χ3n) is 6.85. The molecule has 3 aliphatic heterocycles. The van der Waals surface area contributed by atoms with E-state index in [0.29, 0.717) is 53.2 Å². The molecule has 0 aromatic heterocycles. The SMILES string of the molecule is CCOC(=O)C1=NO[C@H](Cc2c(OC)c3c(c(OC)c2[C@@H]2C(C#N)=C(N)OC4=C2C(=O)CCC4)OCO3)C1. The summed E-state index contributed by atoms with van der Waals surface area (Å²) in [7, 11) is 2.93. The van der Waals surface area contributed by atoms with Gasteiger partial charge in [-0.25, -0.2) is 4.79 Å². The minimum Gasteiger partial charge on any atom is -0.492 e. The maximum atomic E-state index is 13.3. The van der Waals surface area contributed by atoms with Gasteiger partial charge in [0.25, 0.3) is 0 Å². The van der Waals surface area contributed by atoms with Crippen molar-refractivity contribution in [3.05, 3.63) is 33.9 Å². The summed E-state index contributed by atoms with van der Waals surface area (Å²) in [6.07, 6.45) is 1.19. The Bertz CT molecular complexity index is 1340. The van der Waals surface area contributed by atoms with Crippen LogP contribution in [0, 0.1) is 11.3 Å². The molecule has 0 unspecified atom stereocenters. The highest BCUT2D eigenvalue weighted by molar-refractivity contribution is 6.36. The second-order valence-corrected chi connectivity index (χ2v) is 8.96. The summed E-state index contributed by atoms with van der Waals surface area (Å²) in [6.45, 7) is 1.83. The lowest BCUT2D eigenvalue weighted by Crippen LogP contribution is -2.29. The Balaban J connectivity index is 1.69. The Morgan fingerprint density at radius 1 is 1.18 bits per heavy atom. The molecule has 2 N–H and O–H groups in total. The number of nitriles is 1. The summed E-state index contributed by atoms with van der Waals surface area (Å²) in [6, 6.07) is 2.13. The van der Waals surface area contributed by atoms with E-state index in [1.54, 1.807) is 6.92 Å². The van der Waals surface area contributed by atoms with Gasteiger partial charge < -0.3 is 39.0 Å². The highest BCUT2D eigenvalue weighted by atomic mass is 16.7. The summed E-state index contributed by atoms with van der Waals surface area (Å²) in [5, 5.41) is 14.1. The zero-order valence-corrected chi connectivity index (χ0v) is 21.3. The van der Waals surface area contributed by atoms with Gasteiger partial charge in [-0.15, -0.1) is 0 Å². The van der Waals surface area contributed by atoms with Crippen molar-refractivity contribution >= 4 is 17.5 Å². The fourth-order valence-electron chi connectivity index (χ4n) is 5.31. The summed E-state index contributed by atoms with van der Waals surface area (Å²) in [4.78, 5) is 31.1. The van der Waals surface area contributed by atoms with E-state index in [1.807, 2.05) is 0 Å². The Hall–Kier alpha value is -4.40. The van der Waals surface area contributed by atoms with Gasteiger partial charge >= 0.3 is 5.97 Å². The molecule has 1 aromatic rings. The molecule has 4 aliphatic rings. The van der Waals surface area contributed by atoms with Crippen LogP contribution in [-0.2, 0) is 30.3 Å².